The van der Waals surface area contributed by atoms with Gasteiger partial charge in [-0.1, -0.05) is 0 Å². The number of nitrogens with two attached hydrogens (primary N) is 1. The molecule has 14 heavy (non-hydrogen) atoms. The lowest BCUT2D eigenvalue weighted by Gasteiger charge is -2.08. The molecule has 0 saturated heterocycles. The predicted molar refractivity (Wildman–Crippen MR) is 55.2 cm³/mol. The Morgan fingerprint density at radius 1 is 1.57 bits per heavy atom. The summed E-state index contributed by atoms with van der Waals surface area (Å²) in [4.78, 5) is 11.1. The summed E-state index contributed by atoms with van der Waals surface area (Å²) in [5, 5.41) is 14.2. The van der Waals surface area contributed by atoms with E-state index in [-0.39, 0.29) is 11.8 Å². The first-order valence-corrected chi connectivity index (χ1v) is 4.27. The van der Waals surface area contributed by atoms with Crippen molar-refractivity contribution in [2.24, 2.45) is 0 Å². The third kappa shape index (κ3) is 2.55. The van der Waals surface area contributed by atoms with Gasteiger partial charge in [0.1, 0.15) is 5.75 Å². The van der Waals surface area contributed by atoms with Gasteiger partial charge in [-0.25, -0.2) is 4.79 Å². The molecular weight excluding hydrogens is 182 g/mol. The summed E-state index contributed by atoms with van der Waals surface area (Å²) < 4.78 is 0. The van der Waals surface area contributed by atoms with Crippen molar-refractivity contribution >= 4 is 17.4 Å². The highest BCUT2D eigenvalue weighted by Crippen LogP contribution is 2.22. The minimum absolute atomic E-state index is 0.0731. The quantitative estimate of drug-likeness (QED) is 0.421. The van der Waals surface area contributed by atoms with Crippen LogP contribution in [-0.4, -0.2) is 17.7 Å². The highest BCUT2D eigenvalue weighted by molar-refractivity contribution is 5.92. The zero-order valence-corrected chi connectivity index (χ0v) is 7.87. The van der Waals surface area contributed by atoms with Crippen LogP contribution in [0, 0.1) is 0 Å². The van der Waals surface area contributed by atoms with Crippen LogP contribution in [0.5, 0.6) is 5.75 Å². The highest BCUT2D eigenvalue weighted by atomic mass is 16.3. The molecule has 0 spiro atoms. The first-order chi connectivity index (χ1) is 6.63. The summed E-state index contributed by atoms with van der Waals surface area (Å²) in [6.45, 7) is 2.36. The van der Waals surface area contributed by atoms with Crippen LogP contribution in [0.4, 0.5) is 16.2 Å². The van der Waals surface area contributed by atoms with Crippen LogP contribution in [0.2, 0.25) is 0 Å². The van der Waals surface area contributed by atoms with Crippen molar-refractivity contribution in [3.63, 3.8) is 0 Å². The molecule has 5 N–H and O–H groups in total. The number of carbonyl (C=O) groups excluding carboxylic acids is 1. The Hall–Kier alpha value is -1.91. The van der Waals surface area contributed by atoms with Crippen LogP contribution in [-0.2, 0) is 0 Å². The molecular formula is C9H13N3O2. The Morgan fingerprint density at radius 2 is 2.29 bits per heavy atom. The fourth-order valence-corrected chi connectivity index (χ4v) is 0.991. The average molecular weight is 195 g/mol. The monoisotopic (exact) mass is 195 g/mol. The lowest BCUT2D eigenvalue weighted by atomic mass is 10.2. The number of urea groups is 1. The number of rotatable bonds is 2. The van der Waals surface area contributed by atoms with E-state index >= 15 is 0 Å². The molecule has 0 aliphatic rings. The van der Waals surface area contributed by atoms with Gasteiger partial charge in [-0.05, 0) is 19.1 Å². The zero-order chi connectivity index (χ0) is 10.6. The van der Waals surface area contributed by atoms with Crippen LogP contribution in [0.25, 0.3) is 0 Å². The molecule has 1 aromatic rings. The molecule has 1 rings (SSSR count). The van der Waals surface area contributed by atoms with E-state index in [0.717, 1.165) is 0 Å². The standard InChI is InChI=1S/C9H13N3O2/c1-2-11-9(14)12-8-4-3-6(13)5-7(8)10/h3-5,13H,2,10H2,1H3,(H2,11,12,14). The van der Waals surface area contributed by atoms with Gasteiger partial charge in [0, 0.05) is 12.6 Å². The van der Waals surface area contributed by atoms with Crippen LogP contribution < -0.4 is 16.4 Å². The van der Waals surface area contributed by atoms with E-state index in [2.05, 4.69) is 10.6 Å². The molecule has 1 aromatic carbocycles. The molecule has 0 aliphatic heterocycles. The van der Waals surface area contributed by atoms with Gasteiger partial charge in [0.15, 0.2) is 0 Å². The summed E-state index contributed by atoms with van der Waals surface area (Å²) in [5.74, 6) is 0.0731. The van der Waals surface area contributed by atoms with Gasteiger partial charge >= 0.3 is 6.03 Å². The minimum Gasteiger partial charge on any atom is -0.508 e. The summed E-state index contributed by atoms with van der Waals surface area (Å²) in [6, 6.07) is 4.06. The molecule has 5 nitrogen and oxygen atoms in total. The zero-order valence-electron chi connectivity index (χ0n) is 7.87. The molecule has 0 radical (unpaired) electrons. The van der Waals surface area contributed by atoms with Crippen LogP contribution in [0.3, 0.4) is 0 Å². The van der Waals surface area contributed by atoms with Crippen molar-refractivity contribution in [3.8, 4) is 5.75 Å². The number of anilines is 2. The van der Waals surface area contributed by atoms with Gasteiger partial charge < -0.3 is 21.5 Å². The molecule has 0 heterocycles. The minimum atomic E-state index is -0.315. The number of phenols is 1. The fourth-order valence-electron chi connectivity index (χ4n) is 0.991. The van der Waals surface area contributed by atoms with Gasteiger partial charge in [-0.3, -0.25) is 0 Å². The summed E-state index contributed by atoms with van der Waals surface area (Å²) in [6.07, 6.45) is 0. The van der Waals surface area contributed by atoms with Crippen LogP contribution >= 0.6 is 0 Å². The maximum absolute atomic E-state index is 11.1. The van der Waals surface area contributed by atoms with Gasteiger partial charge in [0.2, 0.25) is 0 Å². The lowest BCUT2D eigenvalue weighted by molar-refractivity contribution is 0.252. The van der Waals surface area contributed by atoms with E-state index in [4.69, 9.17) is 10.8 Å². The van der Waals surface area contributed by atoms with E-state index in [9.17, 15) is 4.79 Å². The molecule has 0 unspecified atom stereocenters. The number of hydrogen-bond donors (Lipinski definition) is 4. The smallest absolute Gasteiger partial charge is 0.319 e. The number of hydrogen-bond acceptors (Lipinski definition) is 3. The predicted octanol–water partition coefficient (Wildman–Crippen LogP) is 1.12. The first-order valence-electron chi connectivity index (χ1n) is 4.27. The largest absolute Gasteiger partial charge is 0.508 e. The molecule has 0 aliphatic carbocycles. The average Bonchev–Trinajstić information content (AvgIpc) is 2.10. The SMILES string of the molecule is CCNC(=O)Nc1ccc(O)cc1N. The topological polar surface area (TPSA) is 87.4 Å². The van der Waals surface area contributed by atoms with Gasteiger partial charge in [-0.15, -0.1) is 0 Å². The molecule has 0 fully saturated rings. The number of benzene rings is 1. The van der Waals surface area contributed by atoms with Crippen molar-refractivity contribution in [3.05, 3.63) is 18.2 Å². The summed E-state index contributed by atoms with van der Waals surface area (Å²) >= 11 is 0. The van der Waals surface area contributed by atoms with Gasteiger partial charge in [0.25, 0.3) is 0 Å². The number of aromatic hydroxyl groups is 1. The van der Waals surface area contributed by atoms with Crippen molar-refractivity contribution < 1.29 is 9.90 Å². The van der Waals surface area contributed by atoms with Crippen molar-refractivity contribution in [2.75, 3.05) is 17.6 Å². The molecule has 0 saturated carbocycles. The van der Waals surface area contributed by atoms with E-state index < -0.39 is 0 Å². The third-order valence-electron chi connectivity index (χ3n) is 1.62. The fraction of sp³-hybridized carbons (Fsp3) is 0.222. The number of nitrogens with one attached hydrogen (secondary N) is 2. The molecule has 2 amide bonds. The maximum atomic E-state index is 11.1. The maximum Gasteiger partial charge on any atom is 0.319 e. The Balaban J connectivity index is 2.72. The number of carbonyl (C=O) groups is 1. The Labute approximate surface area is 81.9 Å². The summed E-state index contributed by atoms with van der Waals surface area (Å²) in [5.41, 5.74) is 6.37. The van der Waals surface area contributed by atoms with Gasteiger partial charge in [0.05, 0.1) is 11.4 Å². The van der Waals surface area contributed by atoms with Gasteiger partial charge in [-0.2, -0.15) is 0 Å². The van der Waals surface area contributed by atoms with Crippen molar-refractivity contribution in [2.45, 2.75) is 6.92 Å². The second kappa shape index (κ2) is 4.36. The van der Waals surface area contributed by atoms with Crippen LogP contribution in [0.1, 0.15) is 6.92 Å². The molecule has 76 valence electrons. The second-order valence-corrected chi connectivity index (χ2v) is 2.76. The summed E-state index contributed by atoms with van der Waals surface area (Å²) in [7, 11) is 0. The van der Waals surface area contributed by atoms with E-state index in [1.165, 1.54) is 12.1 Å². The van der Waals surface area contributed by atoms with E-state index in [0.29, 0.717) is 17.9 Å². The highest BCUT2D eigenvalue weighted by Gasteiger charge is 2.03. The molecule has 5 heteroatoms. The number of amides is 2. The Morgan fingerprint density at radius 3 is 2.86 bits per heavy atom. The first kappa shape index (κ1) is 10.2. The molecule has 0 bridgehead atoms. The Bertz CT molecular complexity index is 339. The van der Waals surface area contributed by atoms with E-state index in [1.54, 1.807) is 6.07 Å². The van der Waals surface area contributed by atoms with Crippen molar-refractivity contribution in [1.29, 1.82) is 0 Å². The normalized spacial score (nSPS) is 9.50. The second-order valence-electron chi connectivity index (χ2n) is 2.76. The molecule has 0 atom stereocenters. The number of nitrogen functional groups attached to an aromatic ring is 1. The van der Waals surface area contributed by atoms with Crippen molar-refractivity contribution in [1.82, 2.24) is 5.32 Å². The number of phenolic OH excluding ortho intramolecular Hbond substituents is 1. The third-order valence-corrected chi connectivity index (χ3v) is 1.62. The van der Waals surface area contributed by atoms with E-state index in [1.807, 2.05) is 6.92 Å². The molecule has 0 aromatic heterocycles. The van der Waals surface area contributed by atoms with Crippen LogP contribution in [0.15, 0.2) is 18.2 Å². The lowest BCUT2D eigenvalue weighted by Crippen LogP contribution is -2.28. The Kier molecular flexibility index (Phi) is 3.17.